The molecule has 0 amide bonds. The van der Waals surface area contributed by atoms with Gasteiger partial charge in [-0.25, -0.2) is 0 Å². The average Bonchev–Trinajstić information content (AvgIpc) is 3.19. The Morgan fingerprint density at radius 1 is 1.00 bits per heavy atom. The molecule has 0 aromatic carbocycles. The third-order valence-electron chi connectivity index (χ3n) is 4.05. The van der Waals surface area contributed by atoms with Gasteiger partial charge in [0.25, 0.3) is 0 Å². The fraction of sp³-hybridized carbons (Fsp3) is 1.00. The molecule has 0 bridgehead atoms. The van der Waals surface area contributed by atoms with Gasteiger partial charge in [0.05, 0.1) is 0 Å². The van der Waals surface area contributed by atoms with Crippen molar-refractivity contribution in [3.05, 3.63) is 0 Å². The molecule has 1 heterocycles. The summed E-state index contributed by atoms with van der Waals surface area (Å²) in [7, 11) is 0. The van der Waals surface area contributed by atoms with Crippen molar-refractivity contribution in [2.24, 2.45) is 0 Å². The molecule has 1 aliphatic heterocycles. The molecule has 3 nitrogen and oxygen atoms in total. The molecule has 2 fully saturated rings. The van der Waals surface area contributed by atoms with E-state index in [1.165, 1.54) is 71.4 Å². The lowest BCUT2D eigenvalue weighted by atomic mass is 10.2. The Bertz CT molecular complexity index is 196. The fourth-order valence-electron chi connectivity index (χ4n) is 2.73. The highest BCUT2D eigenvalue weighted by Gasteiger charge is 2.30. The number of unbranched alkanes of at least 4 members (excludes halogenated alkanes) is 2. The molecule has 0 atom stereocenters. The Morgan fingerprint density at radius 3 is 2.41 bits per heavy atom. The van der Waals surface area contributed by atoms with E-state index in [9.17, 15) is 0 Å². The van der Waals surface area contributed by atoms with Gasteiger partial charge >= 0.3 is 0 Å². The first-order valence-corrected chi connectivity index (χ1v) is 7.57. The first-order chi connectivity index (χ1) is 8.40. The lowest BCUT2D eigenvalue weighted by Crippen LogP contribution is -2.47. The van der Waals surface area contributed by atoms with Gasteiger partial charge in [0, 0.05) is 32.2 Å². The van der Waals surface area contributed by atoms with Gasteiger partial charge in [0.1, 0.15) is 0 Å². The predicted octanol–water partition coefficient (Wildman–Crippen LogP) is 1.55. The van der Waals surface area contributed by atoms with Crippen LogP contribution in [-0.2, 0) is 0 Å². The highest BCUT2D eigenvalue weighted by molar-refractivity contribution is 4.87. The number of hydrogen-bond acceptors (Lipinski definition) is 3. The van der Waals surface area contributed by atoms with Crippen LogP contribution in [0.1, 0.15) is 39.0 Å². The maximum Gasteiger partial charge on any atom is 0.0113 e. The normalized spacial score (nSPS) is 23.1. The molecule has 1 saturated carbocycles. The first kappa shape index (κ1) is 13.3. The van der Waals surface area contributed by atoms with Crippen molar-refractivity contribution in [3.63, 3.8) is 0 Å². The van der Waals surface area contributed by atoms with E-state index in [-0.39, 0.29) is 0 Å². The zero-order chi connectivity index (χ0) is 11.9. The monoisotopic (exact) mass is 239 g/mol. The number of hydrogen-bond donors (Lipinski definition) is 1. The van der Waals surface area contributed by atoms with Gasteiger partial charge in [-0.1, -0.05) is 13.3 Å². The Balaban J connectivity index is 1.44. The van der Waals surface area contributed by atoms with E-state index in [0.29, 0.717) is 0 Å². The van der Waals surface area contributed by atoms with Crippen LogP contribution in [0.25, 0.3) is 0 Å². The Labute approximate surface area is 107 Å². The second-order valence-corrected chi connectivity index (χ2v) is 5.52. The van der Waals surface area contributed by atoms with Crippen LogP contribution < -0.4 is 5.32 Å². The molecular formula is C14H29N3. The summed E-state index contributed by atoms with van der Waals surface area (Å²) >= 11 is 0. The van der Waals surface area contributed by atoms with Crippen LogP contribution >= 0.6 is 0 Å². The molecule has 1 N–H and O–H groups in total. The van der Waals surface area contributed by atoms with Crippen molar-refractivity contribution in [2.45, 2.75) is 45.1 Å². The molecule has 0 aromatic heterocycles. The van der Waals surface area contributed by atoms with E-state index < -0.39 is 0 Å². The van der Waals surface area contributed by atoms with Crippen molar-refractivity contribution in [3.8, 4) is 0 Å². The molecule has 3 heteroatoms. The molecule has 2 aliphatic rings. The average molecular weight is 239 g/mol. The molecule has 1 saturated heterocycles. The molecule has 1 aliphatic carbocycles. The Morgan fingerprint density at radius 2 is 1.76 bits per heavy atom. The minimum atomic E-state index is 0.970. The molecule has 0 spiro atoms. The van der Waals surface area contributed by atoms with Crippen molar-refractivity contribution in [1.29, 1.82) is 0 Å². The second kappa shape index (κ2) is 7.34. The first-order valence-electron chi connectivity index (χ1n) is 7.57. The zero-order valence-corrected chi connectivity index (χ0v) is 11.5. The van der Waals surface area contributed by atoms with Crippen LogP contribution in [0.2, 0.25) is 0 Å². The summed E-state index contributed by atoms with van der Waals surface area (Å²) in [6.07, 6.45) is 7.04. The smallest absolute Gasteiger partial charge is 0.0113 e. The highest BCUT2D eigenvalue weighted by atomic mass is 15.3. The SMILES string of the molecule is CCNCCCCCN1CCN(C2CC2)CC1. The minimum absolute atomic E-state index is 0.970. The number of piperazine rings is 1. The molecule has 0 unspecified atom stereocenters. The van der Waals surface area contributed by atoms with Crippen molar-refractivity contribution >= 4 is 0 Å². The summed E-state index contributed by atoms with van der Waals surface area (Å²) < 4.78 is 0. The molecule has 0 radical (unpaired) electrons. The van der Waals surface area contributed by atoms with Gasteiger partial charge in [-0.3, -0.25) is 4.90 Å². The topological polar surface area (TPSA) is 18.5 Å². The maximum atomic E-state index is 3.39. The van der Waals surface area contributed by atoms with Gasteiger partial charge in [-0.2, -0.15) is 0 Å². The predicted molar refractivity (Wildman–Crippen MR) is 73.4 cm³/mol. The van der Waals surface area contributed by atoms with Gasteiger partial charge in [0.2, 0.25) is 0 Å². The van der Waals surface area contributed by atoms with E-state index in [1.54, 1.807) is 0 Å². The third-order valence-corrected chi connectivity index (χ3v) is 4.05. The molecule has 100 valence electrons. The fourth-order valence-corrected chi connectivity index (χ4v) is 2.73. The second-order valence-electron chi connectivity index (χ2n) is 5.52. The van der Waals surface area contributed by atoms with Crippen molar-refractivity contribution < 1.29 is 0 Å². The lowest BCUT2D eigenvalue weighted by Gasteiger charge is -2.34. The van der Waals surface area contributed by atoms with Crippen LogP contribution in [0.4, 0.5) is 0 Å². The number of nitrogens with one attached hydrogen (secondary N) is 1. The van der Waals surface area contributed by atoms with Gasteiger partial charge in [-0.05, 0) is 45.3 Å². The van der Waals surface area contributed by atoms with Crippen LogP contribution in [0.15, 0.2) is 0 Å². The Hall–Kier alpha value is -0.120. The van der Waals surface area contributed by atoms with E-state index >= 15 is 0 Å². The summed E-state index contributed by atoms with van der Waals surface area (Å²) in [6.45, 7) is 11.1. The van der Waals surface area contributed by atoms with E-state index in [1.807, 2.05) is 0 Å². The summed E-state index contributed by atoms with van der Waals surface area (Å²) in [5.41, 5.74) is 0. The molecule has 17 heavy (non-hydrogen) atoms. The summed E-state index contributed by atoms with van der Waals surface area (Å²) in [5.74, 6) is 0. The number of nitrogens with zero attached hydrogens (tertiary/aromatic N) is 2. The van der Waals surface area contributed by atoms with Crippen molar-refractivity contribution in [2.75, 3.05) is 45.8 Å². The molecular weight excluding hydrogens is 210 g/mol. The zero-order valence-electron chi connectivity index (χ0n) is 11.5. The van der Waals surface area contributed by atoms with Crippen molar-refractivity contribution in [1.82, 2.24) is 15.1 Å². The van der Waals surface area contributed by atoms with E-state index in [2.05, 4.69) is 22.0 Å². The minimum Gasteiger partial charge on any atom is -0.317 e. The van der Waals surface area contributed by atoms with Crippen LogP contribution in [0, 0.1) is 0 Å². The highest BCUT2D eigenvalue weighted by Crippen LogP contribution is 2.27. The van der Waals surface area contributed by atoms with E-state index in [0.717, 1.165) is 12.6 Å². The maximum absolute atomic E-state index is 3.39. The van der Waals surface area contributed by atoms with Gasteiger partial charge < -0.3 is 10.2 Å². The van der Waals surface area contributed by atoms with Crippen LogP contribution in [-0.4, -0.2) is 61.7 Å². The lowest BCUT2D eigenvalue weighted by molar-refractivity contribution is 0.125. The summed E-state index contributed by atoms with van der Waals surface area (Å²) in [4.78, 5) is 5.35. The number of rotatable bonds is 8. The largest absolute Gasteiger partial charge is 0.317 e. The van der Waals surface area contributed by atoms with Gasteiger partial charge in [0.15, 0.2) is 0 Å². The summed E-state index contributed by atoms with van der Waals surface area (Å²) in [5, 5.41) is 3.39. The quantitative estimate of drug-likeness (QED) is 0.648. The third kappa shape index (κ3) is 4.94. The standard InChI is InChI=1S/C14H29N3/c1-2-15-8-4-3-5-9-16-10-12-17(13-11-16)14-6-7-14/h14-15H,2-13H2,1H3. The van der Waals surface area contributed by atoms with E-state index in [4.69, 9.17) is 0 Å². The van der Waals surface area contributed by atoms with Crippen LogP contribution in [0.3, 0.4) is 0 Å². The van der Waals surface area contributed by atoms with Crippen LogP contribution in [0.5, 0.6) is 0 Å². The Kier molecular flexibility index (Phi) is 5.75. The van der Waals surface area contributed by atoms with Gasteiger partial charge in [-0.15, -0.1) is 0 Å². The molecule has 2 rings (SSSR count). The molecule has 0 aromatic rings. The summed E-state index contributed by atoms with van der Waals surface area (Å²) in [6, 6.07) is 0.970.